The molecule has 0 aromatic carbocycles. The molecule has 29 heavy (non-hydrogen) atoms. The second-order valence-electron chi connectivity index (χ2n) is 8.02. The first kappa shape index (κ1) is 21.0. The van der Waals surface area contributed by atoms with Crippen LogP contribution < -0.4 is 0 Å². The number of nitrogens with zero attached hydrogens (tertiary/aromatic N) is 3. The van der Waals surface area contributed by atoms with Crippen molar-refractivity contribution in [1.82, 2.24) is 20.0 Å². The number of aromatic amines is 1. The summed E-state index contributed by atoms with van der Waals surface area (Å²) in [6.45, 7) is 4.36. The van der Waals surface area contributed by atoms with E-state index < -0.39 is 0 Å². The SMILES string of the molecule is COCCN(CC1CCCN2CCCCC12)C(=O)c1cc(-c2ccc(Br)s2)[nH]n1. The second kappa shape index (κ2) is 9.73. The van der Waals surface area contributed by atoms with E-state index in [-0.39, 0.29) is 5.91 Å². The molecule has 0 spiro atoms. The highest BCUT2D eigenvalue weighted by molar-refractivity contribution is 9.11. The van der Waals surface area contributed by atoms with Gasteiger partial charge in [-0.3, -0.25) is 9.89 Å². The third kappa shape index (κ3) is 4.93. The summed E-state index contributed by atoms with van der Waals surface area (Å²) in [6, 6.07) is 6.52. The van der Waals surface area contributed by atoms with Crippen molar-refractivity contribution in [2.24, 2.45) is 5.92 Å². The molecule has 1 N–H and O–H groups in total. The lowest BCUT2D eigenvalue weighted by Gasteiger charge is -2.45. The summed E-state index contributed by atoms with van der Waals surface area (Å²) in [5.41, 5.74) is 1.36. The number of rotatable bonds is 7. The number of hydrogen-bond donors (Lipinski definition) is 1. The van der Waals surface area contributed by atoms with Gasteiger partial charge in [-0.05, 0) is 78.8 Å². The molecule has 0 bridgehead atoms. The van der Waals surface area contributed by atoms with Gasteiger partial charge in [0.1, 0.15) is 0 Å². The zero-order chi connectivity index (χ0) is 20.2. The molecule has 2 aliphatic heterocycles. The largest absolute Gasteiger partial charge is 0.383 e. The van der Waals surface area contributed by atoms with E-state index in [4.69, 9.17) is 4.74 Å². The Morgan fingerprint density at radius 3 is 3.00 bits per heavy atom. The van der Waals surface area contributed by atoms with Crippen LogP contribution in [0, 0.1) is 5.92 Å². The summed E-state index contributed by atoms with van der Waals surface area (Å²) < 4.78 is 6.36. The summed E-state index contributed by atoms with van der Waals surface area (Å²) in [5, 5.41) is 7.36. The summed E-state index contributed by atoms with van der Waals surface area (Å²) in [5.74, 6) is 0.532. The molecule has 0 radical (unpaired) electrons. The van der Waals surface area contributed by atoms with Gasteiger partial charge in [0.15, 0.2) is 5.69 Å². The minimum absolute atomic E-state index is 0.00638. The molecule has 2 saturated heterocycles. The van der Waals surface area contributed by atoms with Gasteiger partial charge in [0.05, 0.1) is 21.0 Å². The van der Waals surface area contributed by atoms with Crippen LogP contribution in [0.3, 0.4) is 0 Å². The number of piperidine rings is 2. The topological polar surface area (TPSA) is 61.5 Å². The van der Waals surface area contributed by atoms with Crippen LogP contribution in [0.25, 0.3) is 10.6 Å². The van der Waals surface area contributed by atoms with Crippen molar-refractivity contribution >= 4 is 33.2 Å². The van der Waals surface area contributed by atoms with Gasteiger partial charge in [-0.25, -0.2) is 0 Å². The number of fused-ring (bicyclic) bond motifs is 1. The van der Waals surface area contributed by atoms with Crippen molar-refractivity contribution in [3.8, 4) is 10.6 Å². The zero-order valence-corrected chi connectivity index (χ0v) is 19.3. The number of hydrogen-bond acceptors (Lipinski definition) is 5. The number of thiophene rings is 1. The quantitative estimate of drug-likeness (QED) is 0.642. The minimum atomic E-state index is -0.00638. The monoisotopic (exact) mass is 480 g/mol. The maximum Gasteiger partial charge on any atom is 0.274 e. The Morgan fingerprint density at radius 2 is 2.21 bits per heavy atom. The molecule has 8 heteroatoms. The standard InChI is InChI=1S/C21H29BrN4O2S/c1-28-12-11-26(14-15-5-4-10-25-9-3-2-6-18(15)25)21(27)17-13-16(23-24-17)19-7-8-20(22)29-19/h7-8,13,15,18H,2-6,9-12,14H2,1H3,(H,23,24). The molecule has 2 unspecified atom stereocenters. The van der Waals surface area contributed by atoms with E-state index in [1.165, 1.54) is 45.2 Å². The maximum absolute atomic E-state index is 13.3. The van der Waals surface area contributed by atoms with E-state index in [0.29, 0.717) is 30.8 Å². The molecule has 2 aromatic heterocycles. The Balaban J connectivity index is 1.48. The van der Waals surface area contributed by atoms with Crippen LogP contribution in [0.1, 0.15) is 42.6 Å². The van der Waals surface area contributed by atoms with Crippen LogP contribution in [0.4, 0.5) is 0 Å². The Bertz CT molecular complexity index is 821. The van der Waals surface area contributed by atoms with E-state index >= 15 is 0 Å². The Morgan fingerprint density at radius 1 is 1.34 bits per heavy atom. The van der Waals surface area contributed by atoms with E-state index in [2.05, 4.69) is 31.0 Å². The van der Waals surface area contributed by atoms with Crippen molar-refractivity contribution in [3.05, 3.63) is 27.7 Å². The lowest BCUT2D eigenvalue weighted by atomic mass is 9.83. The van der Waals surface area contributed by atoms with Crippen molar-refractivity contribution in [1.29, 1.82) is 0 Å². The van der Waals surface area contributed by atoms with Crippen molar-refractivity contribution in [3.63, 3.8) is 0 Å². The zero-order valence-electron chi connectivity index (χ0n) is 16.9. The number of H-pyrrole nitrogens is 1. The van der Waals surface area contributed by atoms with Gasteiger partial charge in [-0.1, -0.05) is 6.42 Å². The van der Waals surface area contributed by atoms with Crippen LogP contribution in [0.15, 0.2) is 22.0 Å². The Kier molecular flexibility index (Phi) is 7.05. The molecule has 0 aliphatic carbocycles. The molecule has 4 rings (SSSR count). The molecular weight excluding hydrogens is 452 g/mol. The molecule has 2 fully saturated rings. The maximum atomic E-state index is 13.3. The van der Waals surface area contributed by atoms with Gasteiger partial charge in [-0.2, -0.15) is 5.10 Å². The summed E-state index contributed by atoms with van der Waals surface area (Å²) in [4.78, 5) is 19.0. The third-order valence-corrected chi connectivity index (χ3v) is 7.83. The molecule has 2 aromatic rings. The van der Waals surface area contributed by atoms with Gasteiger partial charge in [0.25, 0.3) is 5.91 Å². The fraction of sp³-hybridized carbons (Fsp3) is 0.619. The molecule has 2 atom stereocenters. The second-order valence-corrected chi connectivity index (χ2v) is 10.5. The van der Waals surface area contributed by atoms with Crippen molar-refractivity contribution < 1.29 is 9.53 Å². The molecule has 0 saturated carbocycles. The number of ether oxygens (including phenoxy) is 1. The van der Waals surface area contributed by atoms with Gasteiger partial charge in [0.2, 0.25) is 0 Å². The van der Waals surface area contributed by atoms with Crippen molar-refractivity contribution in [2.75, 3.05) is 39.9 Å². The first-order valence-corrected chi connectivity index (χ1v) is 12.1. The van der Waals surface area contributed by atoms with E-state index in [1.807, 2.05) is 23.1 Å². The predicted molar refractivity (Wildman–Crippen MR) is 119 cm³/mol. The Labute approximate surface area is 184 Å². The molecule has 6 nitrogen and oxygen atoms in total. The average molecular weight is 481 g/mol. The van der Waals surface area contributed by atoms with Gasteiger partial charge in [0, 0.05) is 26.2 Å². The number of nitrogens with one attached hydrogen (secondary N) is 1. The predicted octanol–water partition coefficient (Wildman–Crippen LogP) is 4.25. The summed E-state index contributed by atoms with van der Waals surface area (Å²) in [7, 11) is 1.69. The highest BCUT2D eigenvalue weighted by Crippen LogP contribution is 2.32. The highest BCUT2D eigenvalue weighted by atomic mass is 79.9. The van der Waals surface area contributed by atoms with Gasteiger partial charge >= 0.3 is 0 Å². The smallest absolute Gasteiger partial charge is 0.274 e. The number of aromatic nitrogens is 2. The first-order chi connectivity index (χ1) is 14.2. The lowest BCUT2D eigenvalue weighted by Crippen LogP contribution is -2.52. The average Bonchev–Trinajstić information content (AvgIpc) is 3.40. The molecule has 1 amide bonds. The number of halogens is 1. The van der Waals surface area contributed by atoms with Gasteiger partial charge in [-0.15, -0.1) is 11.3 Å². The fourth-order valence-electron chi connectivity index (χ4n) is 4.73. The van der Waals surface area contributed by atoms with Gasteiger partial charge < -0.3 is 14.5 Å². The Hall–Kier alpha value is -1.22. The minimum Gasteiger partial charge on any atom is -0.383 e. The molecular formula is C21H29BrN4O2S. The van der Waals surface area contributed by atoms with Crippen LogP contribution in [0.2, 0.25) is 0 Å². The van der Waals surface area contributed by atoms with E-state index in [1.54, 1.807) is 18.4 Å². The third-order valence-electron chi connectivity index (χ3n) is 6.17. The van der Waals surface area contributed by atoms with E-state index in [9.17, 15) is 4.79 Å². The van der Waals surface area contributed by atoms with Crippen LogP contribution >= 0.6 is 27.3 Å². The number of carbonyl (C=O) groups excluding carboxylic acids is 1. The van der Waals surface area contributed by atoms with Crippen molar-refractivity contribution in [2.45, 2.75) is 38.1 Å². The number of methoxy groups -OCH3 is 1. The number of amides is 1. The highest BCUT2D eigenvalue weighted by Gasteiger charge is 2.35. The van der Waals surface area contributed by atoms with Crippen LogP contribution in [0.5, 0.6) is 0 Å². The molecule has 4 heterocycles. The molecule has 158 valence electrons. The fourth-order valence-corrected chi connectivity index (χ4v) is 6.08. The van der Waals surface area contributed by atoms with E-state index in [0.717, 1.165) is 20.9 Å². The summed E-state index contributed by atoms with van der Waals surface area (Å²) in [6.07, 6.45) is 6.31. The normalized spacial score (nSPS) is 22.4. The van der Waals surface area contributed by atoms with Crippen LogP contribution in [-0.2, 0) is 4.74 Å². The molecule has 2 aliphatic rings. The number of carbonyl (C=O) groups is 1. The lowest BCUT2D eigenvalue weighted by molar-refractivity contribution is 0.0313. The first-order valence-electron chi connectivity index (χ1n) is 10.5. The van der Waals surface area contributed by atoms with Crippen LogP contribution in [-0.4, -0.2) is 71.8 Å². The summed E-state index contributed by atoms with van der Waals surface area (Å²) >= 11 is 5.12.